The molecule has 0 aliphatic carbocycles. The van der Waals surface area contributed by atoms with Gasteiger partial charge in [-0.1, -0.05) is 11.6 Å². The van der Waals surface area contributed by atoms with Crippen LogP contribution in [0.15, 0.2) is 40.0 Å². The van der Waals surface area contributed by atoms with Gasteiger partial charge in [-0.05, 0) is 30.7 Å². The van der Waals surface area contributed by atoms with Crippen LogP contribution in [0.1, 0.15) is 11.1 Å². The molecule has 0 fully saturated rings. The van der Waals surface area contributed by atoms with Crippen LogP contribution in [0.4, 0.5) is 5.69 Å². The predicted octanol–water partition coefficient (Wildman–Crippen LogP) is 2.30. The summed E-state index contributed by atoms with van der Waals surface area (Å²) in [5.74, 6) is 0. The first-order valence-electron chi connectivity index (χ1n) is 5.46. The number of anilines is 1. The zero-order valence-electron chi connectivity index (χ0n) is 10.2. The van der Waals surface area contributed by atoms with Crippen molar-refractivity contribution in [2.24, 2.45) is 0 Å². The average molecular weight is 301 g/mol. The summed E-state index contributed by atoms with van der Waals surface area (Å²) in [7, 11) is -3.67. The number of nitrogen functional groups attached to an aromatic ring is 1. The number of nitrogens with two attached hydrogens (primary N) is 1. The van der Waals surface area contributed by atoms with E-state index in [9.17, 15) is 8.42 Å². The molecule has 7 heteroatoms. The van der Waals surface area contributed by atoms with Gasteiger partial charge in [-0.25, -0.2) is 13.1 Å². The van der Waals surface area contributed by atoms with Gasteiger partial charge in [0, 0.05) is 22.8 Å². The maximum absolute atomic E-state index is 12.2. The molecule has 1 aromatic carbocycles. The second kappa shape index (κ2) is 5.24. The van der Waals surface area contributed by atoms with Gasteiger partial charge in [-0.2, -0.15) is 0 Å². The molecular weight excluding hydrogens is 288 g/mol. The zero-order chi connectivity index (χ0) is 14.0. The minimum absolute atomic E-state index is 0.0843. The van der Waals surface area contributed by atoms with Crippen LogP contribution in [0.3, 0.4) is 0 Å². The van der Waals surface area contributed by atoms with Crippen LogP contribution in [-0.2, 0) is 16.6 Å². The Labute approximate surface area is 116 Å². The van der Waals surface area contributed by atoms with E-state index >= 15 is 0 Å². The third kappa shape index (κ3) is 3.09. The van der Waals surface area contributed by atoms with E-state index in [-0.39, 0.29) is 16.5 Å². The van der Waals surface area contributed by atoms with E-state index in [0.29, 0.717) is 11.3 Å². The highest BCUT2D eigenvalue weighted by Crippen LogP contribution is 2.25. The Morgan fingerprint density at radius 2 is 2.16 bits per heavy atom. The molecule has 1 aromatic heterocycles. The van der Waals surface area contributed by atoms with Crippen molar-refractivity contribution < 1.29 is 12.8 Å². The maximum Gasteiger partial charge on any atom is 0.241 e. The Hall–Kier alpha value is -1.50. The zero-order valence-corrected chi connectivity index (χ0v) is 11.8. The number of sulfonamides is 1. The van der Waals surface area contributed by atoms with Crippen LogP contribution in [0.5, 0.6) is 0 Å². The molecule has 19 heavy (non-hydrogen) atoms. The second-order valence-electron chi connectivity index (χ2n) is 4.07. The largest absolute Gasteiger partial charge is 0.472 e. The quantitative estimate of drug-likeness (QED) is 0.848. The first-order chi connectivity index (χ1) is 8.90. The van der Waals surface area contributed by atoms with E-state index < -0.39 is 10.0 Å². The highest BCUT2D eigenvalue weighted by molar-refractivity contribution is 7.89. The lowest BCUT2D eigenvalue weighted by atomic mass is 10.2. The molecule has 2 rings (SSSR count). The van der Waals surface area contributed by atoms with Crippen molar-refractivity contribution in [1.82, 2.24) is 4.72 Å². The molecule has 102 valence electrons. The Morgan fingerprint density at radius 1 is 1.42 bits per heavy atom. The highest BCUT2D eigenvalue weighted by atomic mass is 35.5. The number of hydrogen-bond acceptors (Lipinski definition) is 4. The highest BCUT2D eigenvalue weighted by Gasteiger charge is 2.19. The van der Waals surface area contributed by atoms with E-state index in [1.54, 1.807) is 13.0 Å². The number of nitrogens with one attached hydrogen (secondary N) is 1. The number of benzene rings is 1. The fourth-order valence-electron chi connectivity index (χ4n) is 1.60. The molecule has 2 aromatic rings. The number of hydrogen-bond donors (Lipinski definition) is 2. The van der Waals surface area contributed by atoms with Crippen molar-refractivity contribution >= 4 is 27.3 Å². The predicted molar refractivity (Wildman–Crippen MR) is 73.3 cm³/mol. The van der Waals surface area contributed by atoms with Crippen molar-refractivity contribution in [3.8, 4) is 0 Å². The molecule has 0 bridgehead atoms. The molecule has 0 aliphatic rings. The van der Waals surface area contributed by atoms with Crippen LogP contribution in [0.25, 0.3) is 0 Å². The molecule has 5 nitrogen and oxygen atoms in total. The molecular formula is C12H13ClN2O3S. The minimum Gasteiger partial charge on any atom is -0.472 e. The SMILES string of the molecule is Cc1c(N)cc(Cl)cc1S(=O)(=O)NCc1ccoc1. The Kier molecular flexibility index (Phi) is 3.84. The summed E-state index contributed by atoms with van der Waals surface area (Å²) in [5.41, 5.74) is 7.27. The van der Waals surface area contributed by atoms with Gasteiger partial charge in [0.2, 0.25) is 10.0 Å². The second-order valence-corrected chi connectivity index (χ2v) is 6.25. The molecule has 0 amide bonds. The minimum atomic E-state index is -3.67. The number of furan rings is 1. The van der Waals surface area contributed by atoms with E-state index in [0.717, 1.165) is 5.56 Å². The average Bonchev–Trinajstić information content (AvgIpc) is 2.84. The third-order valence-corrected chi connectivity index (χ3v) is 4.45. The maximum atomic E-state index is 12.2. The fourth-order valence-corrected chi connectivity index (χ4v) is 3.21. The van der Waals surface area contributed by atoms with Crippen molar-refractivity contribution in [3.05, 3.63) is 46.9 Å². The van der Waals surface area contributed by atoms with Crippen molar-refractivity contribution in [1.29, 1.82) is 0 Å². The van der Waals surface area contributed by atoms with Gasteiger partial charge >= 0.3 is 0 Å². The van der Waals surface area contributed by atoms with E-state index in [2.05, 4.69) is 4.72 Å². The van der Waals surface area contributed by atoms with Gasteiger partial charge < -0.3 is 10.2 Å². The summed E-state index contributed by atoms with van der Waals surface area (Å²) in [5, 5.41) is 0.284. The van der Waals surface area contributed by atoms with Gasteiger partial charge in [0.1, 0.15) is 0 Å². The van der Waals surface area contributed by atoms with Gasteiger partial charge in [-0.15, -0.1) is 0 Å². The lowest BCUT2D eigenvalue weighted by molar-refractivity contribution is 0.561. The molecule has 0 saturated carbocycles. The van der Waals surface area contributed by atoms with Crippen molar-refractivity contribution in [2.45, 2.75) is 18.4 Å². The summed E-state index contributed by atoms with van der Waals surface area (Å²) in [6.45, 7) is 1.78. The fraction of sp³-hybridized carbons (Fsp3) is 0.167. The van der Waals surface area contributed by atoms with Gasteiger partial charge in [0.25, 0.3) is 0 Å². The van der Waals surface area contributed by atoms with Crippen LogP contribution < -0.4 is 10.5 Å². The molecule has 1 heterocycles. The third-order valence-electron chi connectivity index (χ3n) is 2.70. The molecule has 0 unspecified atom stereocenters. The smallest absolute Gasteiger partial charge is 0.241 e. The summed E-state index contributed by atoms with van der Waals surface area (Å²) >= 11 is 5.84. The monoisotopic (exact) mass is 300 g/mol. The standard InChI is InChI=1S/C12H13ClN2O3S/c1-8-11(14)4-10(13)5-12(8)19(16,17)15-6-9-2-3-18-7-9/h2-5,7,15H,6,14H2,1H3. The van der Waals surface area contributed by atoms with Gasteiger partial charge in [0.15, 0.2) is 0 Å². The Bertz CT molecular complexity index is 681. The Morgan fingerprint density at radius 3 is 2.79 bits per heavy atom. The van der Waals surface area contributed by atoms with E-state index in [1.165, 1.54) is 24.7 Å². The molecule has 0 aliphatic heterocycles. The topological polar surface area (TPSA) is 85.3 Å². The first kappa shape index (κ1) is 13.9. The lowest BCUT2D eigenvalue weighted by Crippen LogP contribution is -2.24. The van der Waals surface area contributed by atoms with Crippen LogP contribution >= 0.6 is 11.6 Å². The molecule has 3 N–H and O–H groups in total. The summed E-state index contributed by atoms with van der Waals surface area (Å²) in [6, 6.07) is 4.58. The molecule has 0 radical (unpaired) electrons. The summed E-state index contributed by atoms with van der Waals surface area (Å²) < 4.78 is 31.7. The molecule has 0 saturated heterocycles. The molecule has 0 spiro atoms. The van der Waals surface area contributed by atoms with Gasteiger partial charge in [0.05, 0.1) is 17.4 Å². The summed E-state index contributed by atoms with van der Waals surface area (Å²) in [6.07, 6.45) is 2.95. The lowest BCUT2D eigenvalue weighted by Gasteiger charge is -2.11. The van der Waals surface area contributed by atoms with Crippen molar-refractivity contribution in [3.63, 3.8) is 0 Å². The first-order valence-corrected chi connectivity index (χ1v) is 7.32. The van der Waals surface area contributed by atoms with Gasteiger partial charge in [-0.3, -0.25) is 0 Å². The number of rotatable bonds is 4. The van der Waals surface area contributed by atoms with Crippen LogP contribution in [0, 0.1) is 6.92 Å². The Balaban J connectivity index is 2.29. The van der Waals surface area contributed by atoms with E-state index in [4.69, 9.17) is 21.8 Å². The summed E-state index contributed by atoms with van der Waals surface area (Å²) in [4.78, 5) is 0.0843. The van der Waals surface area contributed by atoms with Crippen LogP contribution in [-0.4, -0.2) is 8.42 Å². The normalized spacial score (nSPS) is 11.7. The molecule has 0 atom stereocenters. The number of halogens is 1. The van der Waals surface area contributed by atoms with E-state index in [1.807, 2.05) is 0 Å². The van der Waals surface area contributed by atoms with Crippen LogP contribution in [0.2, 0.25) is 5.02 Å². The van der Waals surface area contributed by atoms with Crippen molar-refractivity contribution in [2.75, 3.05) is 5.73 Å².